The average molecular weight is 310 g/mol. The molecule has 0 aliphatic carbocycles. The van der Waals surface area contributed by atoms with Gasteiger partial charge >= 0.3 is 0 Å². The van der Waals surface area contributed by atoms with Gasteiger partial charge in [-0.1, -0.05) is 30.3 Å². The predicted octanol–water partition coefficient (Wildman–Crippen LogP) is 1.92. The Balaban J connectivity index is 1.60. The summed E-state index contributed by atoms with van der Waals surface area (Å²) in [7, 11) is 1.61. The summed E-state index contributed by atoms with van der Waals surface area (Å²) in [6.45, 7) is 0. The number of hydrogen-bond acceptors (Lipinski definition) is 3. The largest absolute Gasteiger partial charge is 0.480 e. The molecule has 0 fully saturated rings. The number of anilines is 1. The van der Waals surface area contributed by atoms with Crippen molar-refractivity contribution in [3.8, 4) is 5.75 Å². The Bertz CT molecular complexity index is 700. The molecule has 1 unspecified atom stereocenters. The van der Waals surface area contributed by atoms with Gasteiger partial charge in [0, 0.05) is 19.2 Å². The highest BCUT2D eigenvalue weighted by Crippen LogP contribution is 2.28. The second-order valence-corrected chi connectivity index (χ2v) is 5.45. The maximum Gasteiger partial charge on any atom is 0.265 e. The molecule has 0 spiro atoms. The predicted molar refractivity (Wildman–Crippen MR) is 87.4 cm³/mol. The minimum Gasteiger partial charge on any atom is -0.480 e. The highest BCUT2D eigenvalue weighted by molar-refractivity contribution is 5.95. The molecule has 5 nitrogen and oxygen atoms in total. The van der Waals surface area contributed by atoms with Gasteiger partial charge in [0.25, 0.3) is 5.91 Å². The van der Waals surface area contributed by atoms with Gasteiger partial charge in [0.2, 0.25) is 5.91 Å². The van der Waals surface area contributed by atoms with Crippen LogP contribution in [0.25, 0.3) is 0 Å². The number of para-hydroxylation sites is 1. The summed E-state index contributed by atoms with van der Waals surface area (Å²) in [4.78, 5) is 23.6. The van der Waals surface area contributed by atoms with Gasteiger partial charge in [-0.15, -0.1) is 0 Å². The summed E-state index contributed by atoms with van der Waals surface area (Å²) in [5, 5.41) is 5.43. The van der Waals surface area contributed by atoms with E-state index in [9.17, 15) is 9.59 Å². The van der Waals surface area contributed by atoms with Crippen molar-refractivity contribution in [1.82, 2.24) is 5.32 Å². The molecule has 2 amide bonds. The second kappa shape index (κ2) is 6.52. The van der Waals surface area contributed by atoms with Gasteiger partial charge in [-0.3, -0.25) is 9.59 Å². The van der Waals surface area contributed by atoms with Gasteiger partial charge < -0.3 is 15.4 Å². The van der Waals surface area contributed by atoms with Crippen molar-refractivity contribution < 1.29 is 14.3 Å². The fourth-order valence-corrected chi connectivity index (χ4v) is 2.53. The van der Waals surface area contributed by atoms with Crippen molar-refractivity contribution in [1.29, 1.82) is 0 Å². The highest BCUT2D eigenvalue weighted by Gasteiger charge is 2.28. The number of benzene rings is 2. The number of fused-ring (bicyclic) bond motifs is 1. The first kappa shape index (κ1) is 15.1. The number of hydrogen-bond donors (Lipinski definition) is 2. The Labute approximate surface area is 134 Å². The zero-order chi connectivity index (χ0) is 16.2. The van der Waals surface area contributed by atoms with Crippen LogP contribution in [0.3, 0.4) is 0 Å². The molecule has 5 heteroatoms. The molecule has 118 valence electrons. The zero-order valence-electron chi connectivity index (χ0n) is 12.8. The van der Waals surface area contributed by atoms with Crippen molar-refractivity contribution in [3.63, 3.8) is 0 Å². The summed E-state index contributed by atoms with van der Waals surface area (Å²) in [5.74, 6) is 0.563. The number of carbonyl (C=O) groups excluding carboxylic acids is 2. The number of carbonyl (C=O) groups is 2. The third-order valence-electron chi connectivity index (χ3n) is 3.80. The standard InChI is InChI=1S/C18H18N2O3/c1-19-17(21)10-12-6-8-14(9-7-12)20-18(22)16-11-13-4-2-3-5-15(13)23-16/h2-9,16H,10-11H2,1H3,(H,19,21)(H,20,22). The van der Waals surface area contributed by atoms with Crippen LogP contribution in [0.2, 0.25) is 0 Å². The number of amides is 2. The lowest BCUT2D eigenvalue weighted by atomic mass is 10.1. The molecule has 0 aromatic heterocycles. The van der Waals surface area contributed by atoms with Crippen LogP contribution < -0.4 is 15.4 Å². The van der Waals surface area contributed by atoms with E-state index < -0.39 is 6.10 Å². The van der Waals surface area contributed by atoms with E-state index in [1.54, 1.807) is 19.2 Å². The highest BCUT2D eigenvalue weighted by atomic mass is 16.5. The van der Waals surface area contributed by atoms with E-state index in [2.05, 4.69) is 10.6 Å². The van der Waals surface area contributed by atoms with Crippen LogP contribution in [0, 0.1) is 0 Å². The average Bonchev–Trinajstić information content (AvgIpc) is 3.00. The van der Waals surface area contributed by atoms with Gasteiger partial charge in [0.05, 0.1) is 6.42 Å². The number of likely N-dealkylation sites (N-methyl/N-ethyl adjacent to an activating group) is 1. The van der Waals surface area contributed by atoms with Gasteiger partial charge in [-0.25, -0.2) is 0 Å². The van der Waals surface area contributed by atoms with Crippen LogP contribution in [0.15, 0.2) is 48.5 Å². The third-order valence-corrected chi connectivity index (χ3v) is 3.80. The minimum atomic E-state index is -0.502. The summed E-state index contributed by atoms with van der Waals surface area (Å²) >= 11 is 0. The number of rotatable bonds is 4. The lowest BCUT2D eigenvalue weighted by Gasteiger charge is -2.11. The van der Waals surface area contributed by atoms with Gasteiger partial charge in [-0.05, 0) is 29.3 Å². The van der Waals surface area contributed by atoms with Crippen LogP contribution in [0.5, 0.6) is 5.75 Å². The molecule has 0 saturated heterocycles. The summed E-state index contributed by atoms with van der Waals surface area (Å²) in [6, 6.07) is 14.9. The van der Waals surface area contributed by atoms with E-state index in [0.717, 1.165) is 16.9 Å². The lowest BCUT2D eigenvalue weighted by molar-refractivity contribution is -0.122. The van der Waals surface area contributed by atoms with Crippen LogP contribution in [0.4, 0.5) is 5.69 Å². The van der Waals surface area contributed by atoms with E-state index in [1.807, 2.05) is 36.4 Å². The Morgan fingerprint density at radius 3 is 2.57 bits per heavy atom. The Kier molecular flexibility index (Phi) is 4.28. The maximum absolute atomic E-state index is 12.3. The molecular weight excluding hydrogens is 292 g/mol. The van der Waals surface area contributed by atoms with E-state index >= 15 is 0 Å². The quantitative estimate of drug-likeness (QED) is 0.906. The zero-order valence-corrected chi connectivity index (χ0v) is 12.8. The van der Waals surface area contributed by atoms with Crippen LogP contribution in [0.1, 0.15) is 11.1 Å². The molecule has 1 aliphatic rings. The van der Waals surface area contributed by atoms with E-state index in [1.165, 1.54) is 0 Å². The monoisotopic (exact) mass is 310 g/mol. The van der Waals surface area contributed by atoms with Gasteiger partial charge in [0.1, 0.15) is 5.75 Å². The van der Waals surface area contributed by atoms with Gasteiger partial charge in [0.15, 0.2) is 6.10 Å². The van der Waals surface area contributed by atoms with E-state index in [-0.39, 0.29) is 11.8 Å². The lowest BCUT2D eigenvalue weighted by Crippen LogP contribution is -2.31. The normalized spacial score (nSPS) is 15.4. The van der Waals surface area contributed by atoms with Crippen LogP contribution in [-0.4, -0.2) is 25.0 Å². The van der Waals surface area contributed by atoms with E-state index in [4.69, 9.17) is 4.74 Å². The van der Waals surface area contributed by atoms with Crippen molar-refractivity contribution in [2.75, 3.05) is 12.4 Å². The van der Waals surface area contributed by atoms with Crippen molar-refractivity contribution >= 4 is 17.5 Å². The molecule has 2 aromatic rings. The fraction of sp³-hybridized carbons (Fsp3) is 0.222. The Morgan fingerprint density at radius 2 is 1.87 bits per heavy atom. The first-order valence-corrected chi connectivity index (χ1v) is 7.50. The van der Waals surface area contributed by atoms with Gasteiger partial charge in [-0.2, -0.15) is 0 Å². The van der Waals surface area contributed by atoms with Crippen molar-refractivity contribution in [3.05, 3.63) is 59.7 Å². The second-order valence-electron chi connectivity index (χ2n) is 5.45. The number of nitrogens with one attached hydrogen (secondary N) is 2. The number of ether oxygens (including phenoxy) is 1. The van der Waals surface area contributed by atoms with Crippen LogP contribution in [-0.2, 0) is 22.4 Å². The molecule has 1 aliphatic heterocycles. The first-order valence-electron chi connectivity index (χ1n) is 7.50. The van der Waals surface area contributed by atoms with E-state index in [0.29, 0.717) is 18.5 Å². The van der Waals surface area contributed by atoms with Crippen molar-refractivity contribution in [2.45, 2.75) is 18.9 Å². The molecule has 2 N–H and O–H groups in total. The SMILES string of the molecule is CNC(=O)Cc1ccc(NC(=O)C2Cc3ccccc3O2)cc1. The Morgan fingerprint density at radius 1 is 1.13 bits per heavy atom. The third kappa shape index (κ3) is 3.51. The molecule has 23 heavy (non-hydrogen) atoms. The smallest absolute Gasteiger partial charge is 0.265 e. The summed E-state index contributed by atoms with van der Waals surface area (Å²) in [6.07, 6.45) is 0.403. The molecule has 1 heterocycles. The molecule has 0 radical (unpaired) electrons. The summed E-state index contributed by atoms with van der Waals surface area (Å²) in [5.41, 5.74) is 2.63. The molecule has 3 rings (SSSR count). The molecular formula is C18H18N2O3. The fourth-order valence-electron chi connectivity index (χ4n) is 2.53. The molecule has 1 atom stereocenters. The maximum atomic E-state index is 12.3. The molecule has 0 bridgehead atoms. The Hall–Kier alpha value is -2.82. The molecule has 0 saturated carbocycles. The molecule has 2 aromatic carbocycles. The van der Waals surface area contributed by atoms with Crippen molar-refractivity contribution in [2.24, 2.45) is 0 Å². The summed E-state index contributed by atoms with van der Waals surface area (Å²) < 4.78 is 5.67. The first-order chi connectivity index (χ1) is 11.2. The topological polar surface area (TPSA) is 67.4 Å². The minimum absolute atomic E-state index is 0.0427. The van der Waals surface area contributed by atoms with Crippen LogP contribution >= 0.6 is 0 Å².